The van der Waals surface area contributed by atoms with E-state index in [0.717, 1.165) is 35.9 Å². The molecule has 170 valence electrons. The number of nitriles is 1. The van der Waals surface area contributed by atoms with Gasteiger partial charge in [-0.3, -0.25) is 14.5 Å². The normalized spacial score (nSPS) is 15.4. The van der Waals surface area contributed by atoms with Gasteiger partial charge in [-0.05, 0) is 55.2 Å². The van der Waals surface area contributed by atoms with Gasteiger partial charge in [0.25, 0.3) is 11.8 Å². The number of amides is 2. The zero-order chi connectivity index (χ0) is 23.7. The second-order valence-corrected chi connectivity index (χ2v) is 8.29. The summed E-state index contributed by atoms with van der Waals surface area (Å²) in [5.41, 5.74) is 4.16. The molecule has 0 unspecified atom stereocenters. The first-order valence-electron chi connectivity index (χ1n) is 11.1. The minimum atomic E-state index is -0.171. The molecule has 1 aliphatic carbocycles. The lowest BCUT2D eigenvalue weighted by molar-refractivity contribution is -0.117. The number of aromatic nitrogens is 3. The third-order valence-electron chi connectivity index (χ3n) is 6.29. The number of likely N-dealkylation sites (N-methyl/N-ethyl adjacent to an activating group) is 1. The Morgan fingerprint density at radius 1 is 1.24 bits per heavy atom. The van der Waals surface area contributed by atoms with E-state index in [2.05, 4.69) is 26.8 Å². The van der Waals surface area contributed by atoms with Crippen molar-refractivity contribution in [3.8, 4) is 6.07 Å². The number of nitrogens with one attached hydrogen (secondary N) is 2. The van der Waals surface area contributed by atoms with Crippen LogP contribution in [0, 0.1) is 11.3 Å². The Labute approximate surface area is 196 Å². The maximum atomic E-state index is 13.6. The number of fused-ring (bicyclic) bond motifs is 1. The molecule has 3 aromatic heterocycles. The van der Waals surface area contributed by atoms with Gasteiger partial charge in [-0.25, -0.2) is 9.50 Å². The fourth-order valence-corrected chi connectivity index (χ4v) is 4.16. The smallest absolute Gasteiger partial charge is 0.267 e. The highest BCUT2D eigenvalue weighted by molar-refractivity contribution is 6.07. The van der Waals surface area contributed by atoms with Gasteiger partial charge in [0.15, 0.2) is 0 Å². The molecule has 34 heavy (non-hydrogen) atoms. The number of hydrogen-bond acceptors (Lipinski definition) is 6. The van der Waals surface area contributed by atoms with Crippen molar-refractivity contribution in [1.82, 2.24) is 25.2 Å². The van der Waals surface area contributed by atoms with E-state index in [1.807, 2.05) is 12.1 Å². The van der Waals surface area contributed by atoms with Gasteiger partial charge in [0.1, 0.15) is 17.6 Å². The molecule has 3 aromatic rings. The Morgan fingerprint density at radius 2 is 2.09 bits per heavy atom. The van der Waals surface area contributed by atoms with Crippen molar-refractivity contribution in [3.63, 3.8) is 0 Å². The van der Waals surface area contributed by atoms with Crippen molar-refractivity contribution < 1.29 is 9.59 Å². The highest BCUT2D eigenvalue weighted by Gasteiger charge is 2.32. The van der Waals surface area contributed by atoms with Gasteiger partial charge in [0.05, 0.1) is 17.3 Å². The monoisotopic (exact) mass is 453 g/mol. The van der Waals surface area contributed by atoms with Crippen molar-refractivity contribution in [2.24, 2.45) is 0 Å². The van der Waals surface area contributed by atoms with Crippen LogP contribution in [0.5, 0.6) is 0 Å². The van der Waals surface area contributed by atoms with E-state index in [1.165, 1.54) is 6.20 Å². The van der Waals surface area contributed by atoms with Crippen molar-refractivity contribution in [3.05, 3.63) is 77.4 Å². The molecule has 0 aromatic carbocycles. The first-order chi connectivity index (χ1) is 16.6. The fourth-order valence-electron chi connectivity index (χ4n) is 4.16. The second kappa shape index (κ2) is 8.83. The minimum absolute atomic E-state index is 0.0899. The number of nitrogens with zero attached hydrogens (tertiary/aromatic N) is 5. The first kappa shape index (κ1) is 21.4. The zero-order valence-electron chi connectivity index (χ0n) is 18.7. The molecular weight excluding hydrogens is 430 g/mol. The van der Waals surface area contributed by atoms with E-state index in [9.17, 15) is 9.59 Å². The van der Waals surface area contributed by atoms with Crippen LogP contribution in [0.2, 0.25) is 0 Å². The largest absolute Gasteiger partial charge is 0.376 e. The van der Waals surface area contributed by atoms with E-state index < -0.39 is 0 Å². The first-order valence-corrected chi connectivity index (χ1v) is 11.1. The Kier molecular flexibility index (Phi) is 5.55. The lowest BCUT2D eigenvalue weighted by Gasteiger charge is -2.36. The number of allylic oxidation sites excluding steroid dienone is 2. The van der Waals surface area contributed by atoms with Crippen LogP contribution in [-0.4, -0.2) is 46.0 Å². The SMILES string of the molecule is CNC(=O)C1=CC=C(c2cnn3ccc(C(=O)N(c4ccc(C#N)cn4)C4CCC4)cc23)CN1. The summed E-state index contributed by atoms with van der Waals surface area (Å²) in [6.07, 6.45) is 11.6. The second-order valence-electron chi connectivity index (χ2n) is 8.29. The van der Waals surface area contributed by atoms with E-state index in [-0.39, 0.29) is 17.9 Å². The van der Waals surface area contributed by atoms with Crippen LogP contribution in [0.3, 0.4) is 0 Å². The van der Waals surface area contributed by atoms with Crippen molar-refractivity contribution in [1.29, 1.82) is 5.26 Å². The molecule has 1 aliphatic heterocycles. The molecule has 5 rings (SSSR count). The molecule has 9 nitrogen and oxygen atoms in total. The minimum Gasteiger partial charge on any atom is -0.376 e. The Bertz CT molecular complexity index is 1370. The lowest BCUT2D eigenvalue weighted by Crippen LogP contribution is -2.45. The molecule has 9 heteroatoms. The standard InChI is InChI=1S/C25H23N7O2/c1-27-24(33)21-7-6-18(14-28-21)20-15-30-31-10-9-17(11-22(20)31)25(34)32(19-3-2-4-19)23-8-5-16(12-26)13-29-23/h5-11,13,15,19,28H,2-4,14H2,1H3,(H,27,33). The number of carbonyl (C=O) groups is 2. The molecule has 0 bridgehead atoms. The van der Waals surface area contributed by atoms with Gasteiger partial charge >= 0.3 is 0 Å². The van der Waals surface area contributed by atoms with Crippen molar-refractivity contribution >= 4 is 28.7 Å². The Morgan fingerprint density at radius 3 is 2.71 bits per heavy atom. The predicted molar refractivity (Wildman–Crippen MR) is 127 cm³/mol. The van der Waals surface area contributed by atoms with Crippen LogP contribution < -0.4 is 15.5 Å². The molecule has 0 saturated heterocycles. The van der Waals surface area contributed by atoms with Gasteiger partial charge in [-0.15, -0.1) is 0 Å². The highest BCUT2D eigenvalue weighted by atomic mass is 16.2. The molecule has 2 amide bonds. The fraction of sp³-hybridized carbons (Fsp3) is 0.240. The van der Waals surface area contributed by atoms with Gasteiger partial charge in [-0.2, -0.15) is 10.4 Å². The van der Waals surface area contributed by atoms with Crippen LogP contribution in [0.25, 0.3) is 11.1 Å². The molecule has 0 atom stereocenters. The van der Waals surface area contributed by atoms with E-state index >= 15 is 0 Å². The number of dihydropyridines is 1. The highest BCUT2D eigenvalue weighted by Crippen LogP contribution is 2.31. The van der Waals surface area contributed by atoms with E-state index in [0.29, 0.717) is 29.2 Å². The predicted octanol–water partition coefficient (Wildman–Crippen LogP) is 2.42. The number of pyridine rings is 2. The number of hydrogen-bond donors (Lipinski definition) is 2. The molecule has 0 spiro atoms. The summed E-state index contributed by atoms with van der Waals surface area (Å²) in [6.45, 7) is 0.474. The maximum absolute atomic E-state index is 13.6. The Balaban J connectivity index is 1.49. The third kappa shape index (κ3) is 3.79. The summed E-state index contributed by atoms with van der Waals surface area (Å²) in [7, 11) is 1.59. The van der Waals surface area contributed by atoms with Crippen LogP contribution >= 0.6 is 0 Å². The number of anilines is 1. The van der Waals surface area contributed by atoms with Crippen molar-refractivity contribution in [2.75, 3.05) is 18.5 Å². The van der Waals surface area contributed by atoms with Crippen LogP contribution in [0.4, 0.5) is 5.82 Å². The number of rotatable bonds is 5. The maximum Gasteiger partial charge on any atom is 0.267 e. The topological polar surface area (TPSA) is 115 Å². The third-order valence-corrected chi connectivity index (χ3v) is 6.29. The van der Waals surface area contributed by atoms with Gasteiger partial charge in [-0.1, -0.05) is 6.08 Å². The van der Waals surface area contributed by atoms with Gasteiger partial charge < -0.3 is 10.6 Å². The molecule has 1 saturated carbocycles. The van der Waals surface area contributed by atoms with Crippen LogP contribution in [0.15, 0.2) is 60.7 Å². The molecule has 0 radical (unpaired) electrons. The molecular formula is C25H23N7O2. The average molecular weight is 454 g/mol. The van der Waals surface area contributed by atoms with Crippen LogP contribution in [-0.2, 0) is 4.79 Å². The average Bonchev–Trinajstić information content (AvgIpc) is 3.28. The molecule has 2 N–H and O–H groups in total. The zero-order valence-corrected chi connectivity index (χ0v) is 18.7. The van der Waals surface area contributed by atoms with E-state index in [4.69, 9.17) is 5.26 Å². The molecule has 2 aliphatic rings. The molecule has 4 heterocycles. The van der Waals surface area contributed by atoms with Crippen molar-refractivity contribution in [2.45, 2.75) is 25.3 Å². The summed E-state index contributed by atoms with van der Waals surface area (Å²) in [6, 6.07) is 9.18. The summed E-state index contributed by atoms with van der Waals surface area (Å²) < 4.78 is 1.73. The van der Waals surface area contributed by atoms with Gasteiger partial charge in [0.2, 0.25) is 0 Å². The summed E-state index contributed by atoms with van der Waals surface area (Å²) in [4.78, 5) is 31.6. The quantitative estimate of drug-likeness (QED) is 0.613. The number of carbonyl (C=O) groups excluding carboxylic acids is 2. The van der Waals surface area contributed by atoms with Crippen LogP contribution in [0.1, 0.15) is 40.7 Å². The van der Waals surface area contributed by atoms with E-state index in [1.54, 1.807) is 53.1 Å². The molecule has 1 fully saturated rings. The summed E-state index contributed by atoms with van der Waals surface area (Å²) in [5, 5.41) is 19.2. The Hall–Kier alpha value is -4.45. The lowest BCUT2D eigenvalue weighted by atomic mass is 9.91. The summed E-state index contributed by atoms with van der Waals surface area (Å²) >= 11 is 0. The van der Waals surface area contributed by atoms with Gasteiger partial charge in [0, 0.05) is 43.2 Å². The summed E-state index contributed by atoms with van der Waals surface area (Å²) in [5.74, 6) is 0.248.